The monoisotopic (exact) mass is 402 g/mol. The Morgan fingerprint density at radius 2 is 1.90 bits per heavy atom. The second-order valence-corrected chi connectivity index (χ2v) is 7.70. The Bertz CT molecular complexity index is 1070. The minimum Gasteiger partial charge on any atom is -0.488 e. The minimum absolute atomic E-state index is 0.336. The van der Waals surface area contributed by atoms with Crippen LogP contribution in [-0.2, 0) is 25.9 Å². The van der Waals surface area contributed by atoms with Gasteiger partial charge in [-0.25, -0.2) is 0 Å². The number of aryl methyl sites for hydroxylation is 2. The smallest absolute Gasteiger partial charge is 0.126 e. The Balaban J connectivity index is 1.64. The van der Waals surface area contributed by atoms with Crippen molar-refractivity contribution in [2.45, 2.75) is 45.6 Å². The van der Waals surface area contributed by atoms with Gasteiger partial charge in [-0.05, 0) is 37.7 Å². The maximum absolute atomic E-state index is 9.71. The number of aromatic nitrogens is 1. The van der Waals surface area contributed by atoms with Crippen molar-refractivity contribution >= 4 is 11.6 Å². The number of hydrogen-bond acceptors (Lipinski definition) is 3. The van der Waals surface area contributed by atoms with E-state index in [1.54, 1.807) is 0 Å². The van der Waals surface area contributed by atoms with Crippen LogP contribution in [0.2, 0.25) is 5.02 Å². The van der Waals surface area contributed by atoms with Crippen LogP contribution < -0.4 is 4.74 Å². The zero-order valence-corrected chi connectivity index (χ0v) is 17.3. The van der Waals surface area contributed by atoms with Crippen LogP contribution in [0, 0.1) is 11.3 Å². The van der Waals surface area contributed by atoms with Crippen molar-refractivity contribution in [3.63, 3.8) is 0 Å². The lowest BCUT2D eigenvalue weighted by Crippen LogP contribution is -2.10. The molecule has 0 saturated carbocycles. The summed E-state index contributed by atoms with van der Waals surface area (Å²) in [7, 11) is 0. The van der Waals surface area contributed by atoms with E-state index in [0.29, 0.717) is 17.2 Å². The van der Waals surface area contributed by atoms with Crippen LogP contribution in [0.1, 0.15) is 47.8 Å². The van der Waals surface area contributed by atoms with Gasteiger partial charge in [-0.2, -0.15) is 5.26 Å². The Morgan fingerprint density at radius 3 is 2.66 bits per heavy atom. The van der Waals surface area contributed by atoms with Gasteiger partial charge in [-0.1, -0.05) is 61.0 Å². The lowest BCUT2D eigenvalue weighted by Gasteiger charge is -2.20. The van der Waals surface area contributed by atoms with Crippen LogP contribution in [0.3, 0.4) is 0 Å². The molecule has 146 valence electrons. The second-order valence-electron chi connectivity index (χ2n) is 7.33. The van der Waals surface area contributed by atoms with Gasteiger partial charge < -0.3 is 4.74 Å². The highest BCUT2D eigenvalue weighted by Gasteiger charge is 2.18. The molecular weight excluding hydrogens is 380 g/mol. The van der Waals surface area contributed by atoms with E-state index >= 15 is 0 Å². The van der Waals surface area contributed by atoms with Crippen molar-refractivity contribution in [3.05, 3.63) is 81.6 Å². The van der Waals surface area contributed by atoms with Crippen molar-refractivity contribution in [2.75, 3.05) is 0 Å². The highest BCUT2D eigenvalue weighted by Crippen LogP contribution is 2.34. The minimum atomic E-state index is 0.336. The molecule has 4 heteroatoms. The maximum Gasteiger partial charge on any atom is 0.126 e. The summed E-state index contributed by atoms with van der Waals surface area (Å²) in [6.07, 6.45) is 5.26. The van der Waals surface area contributed by atoms with Crippen molar-refractivity contribution in [2.24, 2.45) is 0 Å². The molecule has 0 saturated heterocycles. The molecule has 1 aliphatic rings. The van der Waals surface area contributed by atoms with E-state index in [0.717, 1.165) is 47.4 Å². The average Bonchev–Trinajstić information content (AvgIpc) is 2.78. The molecule has 0 N–H and O–H groups in total. The Hall–Kier alpha value is -2.83. The molecular formula is C25H23ClN2O. The van der Waals surface area contributed by atoms with Crippen LogP contribution in [0.5, 0.6) is 5.75 Å². The molecule has 3 nitrogen and oxygen atoms in total. The number of rotatable bonds is 5. The SMILES string of the molecule is CCc1cc(OCc2ccc(-c3ccccc3)c(C#N)c2Cl)c2c(n1)CCCC2. The number of ether oxygens (including phenoxy) is 1. The molecule has 0 spiro atoms. The van der Waals surface area contributed by atoms with E-state index in [4.69, 9.17) is 21.3 Å². The number of pyridine rings is 1. The number of hydrogen-bond donors (Lipinski definition) is 0. The quantitative estimate of drug-likeness (QED) is 0.503. The predicted molar refractivity (Wildman–Crippen MR) is 116 cm³/mol. The predicted octanol–water partition coefficient (Wildman–Crippen LogP) is 6.29. The lowest BCUT2D eigenvalue weighted by molar-refractivity contribution is 0.300. The summed E-state index contributed by atoms with van der Waals surface area (Å²) in [6.45, 7) is 2.45. The summed E-state index contributed by atoms with van der Waals surface area (Å²) in [4.78, 5) is 4.79. The molecule has 1 aliphatic carbocycles. The van der Waals surface area contributed by atoms with Crippen LogP contribution in [-0.4, -0.2) is 4.98 Å². The summed E-state index contributed by atoms with van der Waals surface area (Å²) >= 11 is 6.62. The lowest BCUT2D eigenvalue weighted by atomic mass is 9.94. The standard InChI is InChI=1S/C25H23ClN2O/c1-2-19-14-24(21-10-6-7-11-23(21)28-19)29-16-18-12-13-20(22(15-27)25(18)26)17-8-4-3-5-9-17/h3-5,8-9,12-14H,2,6-7,10-11,16H2,1H3. The fourth-order valence-electron chi connectivity index (χ4n) is 3.89. The summed E-state index contributed by atoms with van der Waals surface area (Å²) in [5, 5.41) is 10.2. The fourth-order valence-corrected chi connectivity index (χ4v) is 4.15. The van der Waals surface area contributed by atoms with Crippen LogP contribution in [0.25, 0.3) is 11.1 Å². The zero-order valence-electron chi connectivity index (χ0n) is 16.5. The topological polar surface area (TPSA) is 45.9 Å². The van der Waals surface area contributed by atoms with Gasteiger partial charge in [-0.3, -0.25) is 4.98 Å². The Kier molecular flexibility index (Phi) is 5.83. The van der Waals surface area contributed by atoms with Gasteiger partial charge in [0.2, 0.25) is 0 Å². The highest BCUT2D eigenvalue weighted by atomic mass is 35.5. The number of halogens is 1. The first kappa shape index (κ1) is 19.5. The third kappa shape index (κ3) is 3.99. The van der Waals surface area contributed by atoms with Crippen molar-refractivity contribution in [1.82, 2.24) is 4.98 Å². The fraction of sp³-hybridized carbons (Fsp3) is 0.280. The van der Waals surface area contributed by atoms with Gasteiger partial charge in [0.05, 0.1) is 10.6 Å². The van der Waals surface area contributed by atoms with Gasteiger partial charge >= 0.3 is 0 Å². The molecule has 0 atom stereocenters. The van der Waals surface area contributed by atoms with Gasteiger partial charge in [-0.15, -0.1) is 0 Å². The van der Waals surface area contributed by atoms with Gasteiger partial charge in [0.1, 0.15) is 18.4 Å². The van der Waals surface area contributed by atoms with Crippen LogP contribution in [0.4, 0.5) is 0 Å². The highest BCUT2D eigenvalue weighted by molar-refractivity contribution is 6.33. The molecule has 0 fully saturated rings. The summed E-state index contributed by atoms with van der Waals surface area (Å²) in [5.41, 5.74) is 6.60. The molecule has 1 aromatic heterocycles. The summed E-state index contributed by atoms with van der Waals surface area (Å²) in [5.74, 6) is 0.910. The molecule has 0 amide bonds. The molecule has 2 aromatic carbocycles. The molecule has 0 bridgehead atoms. The Labute approximate surface area is 176 Å². The van der Waals surface area contributed by atoms with Gasteiger partial charge in [0.25, 0.3) is 0 Å². The van der Waals surface area contributed by atoms with E-state index in [1.807, 2.05) is 42.5 Å². The summed E-state index contributed by atoms with van der Waals surface area (Å²) < 4.78 is 6.23. The average molecular weight is 403 g/mol. The van der Waals surface area contributed by atoms with Crippen LogP contribution in [0.15, 0.2) is 48.5 Å². The van der Waals surface area contributed by atoms with Crippen molar-refractivity contribution < 1.29 is 4.74 Å². The third-order valence-corrected chi connectivity index (χ3v) is 5.91. The largest absolute Gasteiger partial charge is 0.488 e. The van der Waals surface area contributed by atoms with E-state index < -0.39 is 0 Å². The molecule has 29 heavy (non-hydrogen) atoms. The normalized spacial score (nSPS) is 12.9. The third-order valence-electron chi connectivity index (χ3n) is 5.48. The van der Waals surface area contributed by atoms with E-state index in [-0.39, 0.29) is 0 Å². The molecule has 4 rings (SSSR count). The molecule has 0 unspecified atom stereocenters. The Morgan fingerprint density at radius 1 is 1.10 bits per heavy atom. The van der Waals surface area contributed by atoms with Gasteiger partial charge in [0, 0.05) is 34.1 Å². The number of fused-ring (bicyclic) bond motifs is 1. The van der Waals surface area contributed by atoms with Crippen LogP contribution >= 0.6 is 11.6 Å². The first-order valence-corrected chi connectivity index (χ1v) is 10.5. The second kappa shape index (κ2) is 8.68. The van der Waals surface area contributed by atoms with E-state index in [9.17, 15) is 5.26 Å². The summed E-state index contributed by atoms with van der Waals surface area (Å²) in [6, 6.07) is 18.1. The molecule has 0 aliphatic heterocycles. The molecule has 1 heterocycles. The van der Waals surface area contributed by atoms with Gasteiger partial charge in [0.15, 0.2) is 0 Å². The van der Waals surface area contributed by atoms with E-state index in [2.05, 4.69) is 19.1 Å². The number of nitriles is 1. The maximum atomic E-state index is 9.71. The van der Waals surface area contributed by atoms with Crippen molar-refractivity contribution in [1.29, 1.82) is 5.26 Å². The number of nitrogens with zero attached hydrogens (tertiary/aromatic N) is 2. The number of benzene rings is 2. The zero-order chi connectivity index (χ0) is 20.2. The molecule has 0 radical (unpaired) electrons. The van der Waals surface area contributed by atoms with E-state index in [1.165, 1.54) is 24.1 Å². The first-order chi connectivity index (χ1) is 14.2. The molecule has 3 aromatic rings. The first-order valence-electron chi connectivity index (χ1n) is 10.1. The van der Waals surface area contributed by atoms with Crippen molar-refractivity contribution in [3.8, 4) is 22.9 Å².